The first kappa shape index (κ1) is 27.0. The topological polar surface area (TPSA) is 96.7 Å². The summed E-state index contributed by atoms with van der Waals surface area (Å²) in [5.74, 6) is -1.51. The summed E-state index contributed by atoms with van der Waals surface area (Å²) in [7, 11) is 0. The SMILES string of the molecule is C/C1=C/C[C@@H](c2ccc3cccnc3c2)OC(=O)C[C@H](O)C(C)(C)C(=O)[C@H](C)[C@@H](O)[C@@H](C)CCC1. The van der Waals surface area contributed by atoms with Crippen molar-refractivity contribution in [3.63, 3.8) is 0 Å². The Hall–Kier alpha value is -2.57. The molecule has 6 heteroatoms. The van der Waals surface area contributed by atoms with Crippen LogP contribution in [0.15, 0.2) is 48.2 Å². The maximum absolute atomic E-state index is 13.2. The van der Waals surface area contributed by atoms with Gasteiger partial charge in [-0.15, -0.1) is 0 Å². The van der Waals surface area contributed by atoms with Gasteiger partial charge in [0, 0.05) is 23.9 Å². The number of cyclic esters (lactones) is 1. The van der Waals surface area contributed by atoms with Gasteiger partial charge in [0.25, 0.3) is 0 Å². The third kappa shape index (κ3) is 6.56. The largest absolute Gasteiger partial charge is 0.457 e. The van der Waals surface area contributed by atoms with Crippen molar-refractivity contribution in [1.29, 1.82) is 0 Å². The second kappa shape index (κ2) is 11.4. The number of Topliss-reactive ketones (excluding diaryl/α,β-unsaturated/α-hetero) is 1. The molecule has 1 aliphatic heterocycles. The molecule has 5 atom stereocenters. The van der Waals surface area contributed by atoms with Gasteiger partial charge in [-0.25, -0.2) is 0 Å². The third-order valence-electron chi connectivity index (χ3n) is 7.52. The molecule has 1 aromatic heterocycles. The average Bonchev–Trinajstić information content (AvgIpc) is 2.84. The minimum atomic E-state index is -1.23. The van der Waals surface area contributed by atoms with Crippen molar-refractivity contribution in [2.24, 2.45) is 17.3 Å². The summed E-state index contributed by atoms with van der Waals surface area (Å²) in [6.45, 7) is 8.98. The molecule has 1 aliphatic rings. The molecule has 0 fully saturated rings. The smallest absolute Gasteiger partial charge is 0.309 e. The van der Waals surface area contributed by atoms with E-state index in [2.05, 4.69) is 18.0 Å². The van der Waals surface area contributed by atoms with E-state index in [0.29, 0.717) is 6.42 Å². The van der Waals surface area contributed by atoms with E-state index < -0.39 is 35.6 Å². The third-order valence-corrected chi connectivity index (χ3v) is 7.52. The molecular formula is C29H39NO5. The number of benzene rings is 1. The van der Waals surface area contributed by atoms with Crippen LogP contribution in [0.2, 0.25) is 0 Å². The van der Waals surface area contributed by atoms with Crippen molar-refractivity contribution in [2.75, 3.05) is 0 Å². The highest BCUT2D eigenvalue weighted by atomic mass is 16.5. The van der Waals surface area contributed by atoms with E-state index in [0.717, 1.165) is 35.7 Å². The predicted molar refractivity (Wildman–Crippen MR) is 137 cm³/mol. The number of esters is 1. The fourth-order valence-corrected chi connectivity index (χ4v) is 4.84. The molecule has 0 bridgehead atoms. The number of ether oxygens (including phenoxy) is 1. The van der Waals surface area contributed by atoms with Crippen molar-refractivity contribution >= 4 is 22.7 Å². The molecule has 1 aromatic carbocycles. The van der Waals surface area contributed by atoms with Crippen LogP contribution in [-0.2, 0) is 14.3 Å². The van der Waals surface area contributed by atoms with Crippen LogP contribution in [0.3, 0.4) is 0 Å². The van der Waals surface area contributed by atoms with Crippen LogP contribution in [0.25, 0.3) is 10.9 Å². The van der Waals surface area contributed by atoms with Crippen LogP contribution in [0.4, 0.5) is 0 Å². The van der Waals surface area contributed by atoms with Gasteiger partial charge in [0.05, 0.1) is 29.6 Å². The summed E-state index contributed by atoms with van der Waals surface area (Å²) < 4.78 is 5.87. The van der Waals surface area contributed by atoms with Crippen molar-refractivity contribution < 1.29 is 24.5 Å². The van der Waals surface area contributed by atoms with E-state index in [1.54, 1.807) is 27.0 Å². The first-order valence-electron chi connectivity index (χ1n) is 12.6. The lowest BCUT2D eigenvalue weighted by Crippen LogP contribution is -2.45. The zero-order valence-electron chi connectivity index (χ0n) is 21.5. The number of hydrogen-bond acceptors (Lipinski definition) is 6. The Balaban J connectivity index is 1.91. The molecule has 0 radical (unpaired) electrons. The second-order valence-electron chi connectivity index (χ2n) is 10.7. The van der Waals surface area contributed by atoms with Gasteiger partial charge in [0.2, 0.25) is 0 Å². The summed E-state index contributed by atoms with van der Waals surface area (Å²) in [6, 6.07) is 9.70. The molecule has 0 aliphatic carbocycles. The number of pyridine rings is 1. The fraction of sp³-hybridized carbons (Fsp3) is 0.552. The van der Waals surface area contributed by atoms with E-state index in [9.17, 15) is 19.8 Å². The van der Waals surface area contributed by atoms with Crippen molar-refractivity contribution in [3.05, 3.63) is 53.7 Å². The Morgan fingerprint density at radius 3 is 2.60 bits per heavy atom. The minimum Gasteiger partial charge on any atom is -0.457 e. The van der Waals surface area contributed by atoms with Crippen LogP contribution < -0.4 is 0 Å². The maximum Gasteiger partial charge on any atom is 0.309 e. The van der Waals surface area contributed by atoms with Gasteiger partial charge < -0.3 is 14.9 Å². The molecular weight excluding hydrogens is 442 g/mol. The number of carbonyl (C=O) groups excluding carboxylic acids is 2. The Kier molecular flexibility index (Phi) is 8.84. The molecule has 2 heterocycles. The van der Waals surface area contributed by atoms with Crippen molar-refractivity contribution in [3.8, 4) is 0 Å². The number of nitrogens with zero attached hydrogens (tertiary/aromatic N) is 1. The Morgan fingerprint density at radius 2 is 1.86 bits per heavy atom. The normalized spacial score (nSPS) is 30.9. The van der Waals surface area contributed by atoms with E-state index in [-0.39, 0.29) is 18.1 Å². The monoisotopic (exact) mass is 481 g/mol. The van der Waals surface area contributed by atoms with E-state index >= 15 is 0 Å². The number of aromatic nitrogens is 1. The summed E-state index contributed by atoms with van der Waals surface area (Å²) in [5.41, 5.74) is 1.64. The highest BCUT2D eigenvalue weighted by Gasteiger charge is 2.42. The van der Waals surface area contributed by atoms with Crippen LogP contribution in [-0.4, -0.2) is 39.2 Å². The zero-order valence-corrected chi connectivity index (χ0v) is 21.5. The lowest BCUT2D eigenvalue weighted by atomic mass is 9.73. The van der Waals surface area contributed by atoms with E-state index in [1.165, 1.54) is 5.57 Å². The van der Waals surface area contributed by atoms with Gasteiger partial charge >= 0.3 is 5.97 Å². The lowest BCUT2D eigenvalue weighted by Gasteiger charge is -2.34. The first-order valence-corrected chi connectivity index (χ1v) is 12.6. The molecule has 6 nitrogen and oxygen atoms in total. The molecule has 0 unspecified atom stereocenters. The highest BCUT2D eigenvalue weighted by Crippen LogP contribution is 2.33. The van der Waals surface area contributed by atoms with Crippen molar-refractivity contribution in [1.82, 2.24) is 4.98 Å². The Bertz CT molecular complexity index is 1080. The summed E-state index contributed by atoms with van der Waals surface area (Å²) in [5, 5.41) is 22.7. The summed E-state index contributed by atoms with van der Waals surface area (Å²) in [4.78, 5) is 30.6. The number of aliphatic hydroxyl groups excluding tert-OH is 2. The van der Waals surface area contributed by atoms with Crippen LogP contribution >= 0.6 is 0 Å². The lowest BCUT2D eigenvalue weighted by molar-refractivity contribution is -0.155. The van der Waals surface area contributed by atoms with Gasteiger partial charge in [-0.05, 0) is 49.8 Å². The molecule has 35 heavy (non-hydrogen) atoms. The number of allylic oxidation sites excluding steroid dienone is 1. The van der Waals surface area contributed by atoms with E-state index in [1.807, 2.05) is 37.3 Å². The molecule has 0 amide bonds. The maximum atomic E-state index is 13.2. The van der Waals surface area contributed by atoms with Crippen molar-refractivity contribution in [2.45, 2.75) is 85.0 Å². The van der Waals surface area contributed by atoms with Gasteiger partial charge in [0.15, 0.2) is 0 Å². The van der Waals surface area contributed by atoms with Crippen LogP contribution in [0, 0.1) is 17.3 Å². The zero-order chi connectivity index (χ0) is 25.8. The molecule has 2 N–H and O–H groups in total. The van der Waals surface area contributed by atoms with Gasteiger partial charge in [-0.3, -0.25) is 14.6 Å². The second-order valence-corrected chi connectivity index (χ2v) is 10.7. The van der Waals surface area contributed by atoms with Gasteiger partial charge in [0.1, 0.15) is 11.9 Å². The molecule has 0 saturated heterocycles. The summed E-state index contributed by atoms with van der Waals surface area (Å²) in [6.07, 6.45) is 4.02. The minimum absolute atomic E-state index is 0.0505. The number of rotatable bonds is 1. The first-order chi connectivity index (χ1) is 16.5. The Morgan fingerprint density at radius 1 is 1.11 bits per heavy atom. The quantitative estimate of drug-likeness (QED) is 0.423. The number of aliphatic hydroxyl groups is 2. The number of fused-ring (bicyclic) bond motifs is 1. The van der Waals surface area contributed by atoms with Crippen LogP contribution in [0.1, 0.15) is 78.4 Å². The van der Waals surface area contributed by atoms with Gasteiger partial charge in [-0.2, -0.15) is 0 Å². The molecule has 2 aromatic rings. The predicted octanol–water partition coefficient (Wildman–Crippen LogP) is 5.32. The number of carbonyl (C=O) groups is 2. The van der Waals surface area contributed by atoms with E-state index in [4.69, 9.17) is 4.74 Å². The molecule has 0 saturated carbocycles. The average molecular weight is 482 g/mol. The number of hydrogen-bond donors (Lipinski definition) is 2. The highest BCUT2D eigenvalue weighted by molar-refractivity contribution is 5.88. The van der Waals surface area contributed by atoms with Crippen LogP contribution in [0.5, 0.6) is 0 Å². The molecule has 3 rings (SSSR count). The van der Waals surface area contributed by atoms with Gasteiger partial charge in [-0.1, -0.05) is 57.5 Å². The number of ketones is 1. The Labute approximate surface area is 208 Å². The molecule has 190 valence electrons. The summed E-state index contributed by atoms with van der Waals surface area (Å²) >= 11 is 0. The fourth-order valence-electron chi connectivity index (χ4n) is 4.84. The standard InChI is InChI=1S/C29H39NO5/c1-18-8-6-9-19(2)27(33)20(3)28(34)29(4,5)25(31)17-26(32)35-24(14-11-18)22-13-12-21-10-7-15-30-23(21)16-22/h7,10-13,15-16,19-20,24-25,27,31,33H,6,8-9,14,17H2,1-5H3/b18-11-/t19-,20+,24-,25-,27-/m0/s1. The molecule has 0 spiro atoms.